The van der Waals surface area contributed by atoms with Gasteiger partial charge >= 0.3 is 0 Å². The molecule has 6 heteroatoms. The maximum Gasteiger partial charge on any atom is 0.180 e. The molecule has 0 spiro atoms. The van der Waals surface area contributed by atoms with E-state index in [0.29, 0.717) is 22.3 Å². The predicted molar refractivity (Wildman–Crippen MR) is 98.0 cm³/mol. The Balaban J connectivity index is 1.55. The van der Waals surface area contributed by atoms with Crippen molar-refractivity contribution >= 4 is 16.5 Å². The van der Waals surface area contributed by atoms with Crippen LogP contribution in [-0.4, -0.2) is 15.0 Å². The first-order valence-electron chi connectivity index (χ1n) is 8.52. The maximum atomic E-state index is 14.2. The summed E-state index contributed by atoms with van der Waals surface area (Å²) in [4.78, 5) is 14.6. The molecule has 1 fully saturated rings. The zero-order valence-electron chi connectivity index (χ0n) is 13.8. The molecule has 4 nitrogen and oxygen atoms in total. The monoisotopic (exact) mass is 354 g/mol. The summed E-state index contributed by atoms with van der Waals surface area (Å²) >= 11 is 1.53. The third kappa shape index (κ3) is 3.85. The van der Waals surface area contributed by atoms with E-state index >= 15 is 0 Å². The van der Waals surface area contributed by atoms with Crippen LogP contribution in [0.1, 0.15) is 41.6 Å². The zero-order valence-corrected chi connectivity index (χ0v) is 14.6. The van der Waals surface area contributed by atoms with Crippen LogP contribution < -0.4 is 5.73 Å². The molecule has 1 saturated carbocycles. The van der Waals surface area contributed by atoms with Gasteiger partial charge in [0, 0.05) is 28.2 Å². The molecule has 128 valence electrons. The van der Waals surface area contributed by atoms with Gasteiger partial charge in [0.1, 0.15) is 11.6 Å². The number of nitrogen functional groups attached to an aromatic ring is 1. The molecule has 0 bridgehead atoms. The van der Waals surface area contributed by atoms with Gasteiger partial charge in [-0.1, -0.05) is 12.1 Å². The van der Waals surface area contributed by atoms with Crippen LogP contribution in [0.25, 0.3) is 11.3 Å². The van der Waals surface area contributed by atoms with Crippen molar-refractivity contribution in [3.8, 4) is 11.3 Å². The van der Waals surface area contributed by atoms with Gasteiger partial charge in [-0.2, -0.15) is 0 Å². The highest BCUT2D eigenvalue weighted by molar-refractivity contribution is 7.15. The number of benzene rings is 1. The summed E-state index contributed by atoms with van der Waals surface area (Å²) in [6.07, 6.45) is 6.80. The molecule has 0 atom stereocenters. The summed E-state index contributed by atoms with van der Waals surface area (Å²) in [5.74, 6) is 1.05. The Morgan fingerprint density at radius 1 is 1.16 bits per heavy atom. The van der Waals surface area contributed by atoms with Gasteiger partial charge in [-0.3, -0.25) is 0 Å². The normalized spacial score (nSPS) is 14.0. The molecule has 0 saturated heterocycles. The minimum absolute atomic E-state index is 0.242. The summed E-state index contributed by atoms with van der Waals surface area (Å²) in [5.41, 5.74) is 7.88. The molecule has 0 aliphatic heterocycles. The molecule has 2 N–H and O–H groups in total. The van der Waals surface area contributed by atoms with Gasteiger partial charge < -0.3 is 5.73 Å². The van der Waals surface area contributed by atoms with E-state index in [1.807, 2.05) is 18.3 Å². The Morgan fingerprint density at radius 3 is 2.72 bits per heavy atom. The first-order valence-corrected chi connectivity index (χ1v) is 9.33. The second-order valence-electron chi connectivity index (χ2n) is 6.38. The number of hydrogen-bond donors (Lipinski definition) is 1. The Hall–Kier alpha value is -2.34. The van der Waals surface area contributed by atoms with Crippen LogP contribution in [0, 0.1) is 5.82 Å². The van der Waals surface area contributed by atoms with E-state index in [4.69, 9.17) is 10.7 Å². The number of rotatable bonds is 6. The fourth-order valence-electron chi connectivity index (χ4n) is 2.86. The van der Waals surface area contributed by atoms with Crippen molar-refractivity contribution in [3.05, 3.63) is 58.7 Å². The van der Waals surface area contributed by atoms with Gasteiger partial charge in [0.15, 0.2) is 5.13 Å². The molecule has 4 rings (SSSR count). The number of anilines is 1. The predicted octanol–water partition coefficient (Wildman–Crippen LogP) is 4.37. The largest absolute Gasteiger partial charge is 0.375 e. The quantitative estimate of drug-likeness (QED) is 0.714. The summed E-state index contributed by atoms with van der Waals surface area (Å²) in [6.45, 7) is 0. The van der Waals surface area contributed by atoms with Gasteiger partial charge in [-0.15, -0.1) is 11.3 Å². The Labute approximate surface area is 150 Å². The van der Waals surface area contributed by atoms with Crippen LogP contribution in [0.3, 0.4) is 0 Å². The first-order chi connectivity index (χ1) is 12.2. The number of nitrogens with zero attached hydrogens (tertiary/aromatic N) is 3. The fraction of sp³-hybridized carbons (Fsp3) is 0.316. The number of halogens is 1. The van der Waals surface area contributed by atoms with Crippen LogP contribution in [0.15, 0.2) is 36.5 Å². The van der Waals surface area contributed by atoms with Crippen molar-refractivity contribution in [3.63, 3.8) is 0 Å². The topological polar surface area (TPSA) is 64.7 Å². The zero-order chi connectivity index (χ0) is 17.2. The van der Waals surface area contributed by atoms with Crippen molar-refractivity contribution in [2.45, 2.75) is 38.0 Å². The van der Waals surface area contributed by atoms with Crippen molar-refractivity contribution in [2.24, 2.45) is 0 Å². The third-order valence-electron chi connectivity index (χ3n) is 4.32. The smallest absolute Gasteiger partial charge is 0.180 e. The van der Waals surface area contributed by atoms with E-state index < -0.39 is 0 Å². The molecule has 1 aliphatic rings. The van der Waals surface area contributed by atoms with Gasteiger partial charge in [-0.05, 0) is 50.3 Å². The molecule has 25 heavy (non-hydrogen) atoms. The molecular formula is C19H19FN4S. The van der Waals surface area contributed by atoms with Gasteiger partial charge in [0.05, 0.1) is 5.69 Å². The lowest BCUT2D eigenvalue weighted by molar-refractivity contribution is 0.630. The van der Waals surface area contributed by atoms with Crippen LogP contribution in [0.5, 0.6) is 0 Å². The SMILES string of the molecule is Nc1ncc(CCCc2cc(-c3ccccc3F)nc(C3CC3)n2)s1. The lowest BCUT2D eigenvalue weighted by Crippen LogP contribution is -2.02. The van der Waals surface area contributed by atoms with Gasteiger partial charge in [-0.25, -0.2) is 19.3 Å². The number of aromatic nitrogens is 3. The van der Waals surface area contributed by atoms with E-state index in [-0.39, 0.29) is 5.82 Å². The number of aryl methyl sites for hydroxylation is 2. The number of hydrogen-bond acceptors (Lipinski definition) is 5. The van der Waals surface area contributed by atoms with Gasteiger partial charge in [0.2, 0.25) is 0 Å². The highest BCUT2D eigenvalue weighted by atomic mass is 32.1. The minimum Gasteiger partial charge on any atom is -0.375 e. The van der Waals surface area contributed by atoms with E-state index in [2.05, 4.69) is 9.97 Å². The van der Waals surface area contributed by atoms with Crippen LogP contribution in [0.4, 0.5) is 9.52 Å². The summed E-state index contributed by atoms with van der Waals surface area (Å²) in [7, 11) is 0. The highest BCUT2D eigenvalue weighted by Gasteiger charge is 2.27. The Bertz CT molecular complexity index is 889. The third-order valence-corrected chi connectivity index (χ3v) is 5.20. The van der Waals surface area contributed by atoms with Crippen molar-refractivity contribution in [2.75, 3.05) is 5.73 Å². The average molecular weight is 354 g/mol. The van der Waals surface area contributed by atoms with E-state index in [1.54, 1.807) is 12.1 Å². The summed E-state index contributed by atoms with van der Waals surface area (Å²) in [5, 5.41) is 0.606. The standard InChI is InChI=1S/C19H19FN4S/c20-16-7-2-1-6-15(16)17-10-13(23-18(24-17)12-8-9-12)4-3-5-14-11-22-19(21)25-14/h1-2,6-7,10-12H,3-5,8-9H2,(H2,21,22). The molecule has 0 unspecified atom stereocenters. The molecule has 0 radical (unpaired) electrons. The maximum absolute atomic E-state index is 14.2. The molecule has 2 aromatic heterocycles. The molecular weight excluding hydrogens is 335 g/mol. The Kier molecular flexibility index (Phi) is 4.44. The van der Waals surface area contributed by atoms with Crippen molar-refractivity contribution in [1.82, 2.24) is 15.0 Å². The van der Waals surface area contributed by atoms with E-state index in [1.165, 1.54) is 22.3 Å². The fourth-order valence-corrected chi connectivity index (χ4v) is 3.58. The van der Waals surface area contributed by atoms with Crippen molar-refractivity contribution < 1.29 is 4.39 Å². The second kappa shape index (κ2) is 6.88. The molecule has 0 amide bonds. The van der Waals surface area contributed by atoms with E-state index in [9.17, 15) is 4.39 Å². The Morgan fingerprint density at radius 2 is 2.00 bits per heavy atom. The lowest BCUT2D eigenvalue weighted by atomic mass is 10.1. The number of thiazole rings is 1. The molecule has 3 aromatic rings. The van der Waals surface area contributed by atoms with Crippen molar-refractivity contribution in [1.29, 1.82) is 0 Å². The summed E-state index contributed by atoms with van der Waals surface area (Å²) in [6, 6.07) is 8.71. The van der Waals surface area contributed by atoms with Crippen LogP contribution in [0.2, 0.25) is 0 Å². The highest BCUT2D eigenvalue weighted by Crippen LogP contribution is 2.39. The second-order valence-corrected chi connectivity index (χ2v) is 7.52. The first kappa shape index (κ1) is 16.1. The average Bonchev–Trinajstić information content (AvgIpc) is 3.38. The van der Waals surface area contributed by atoms with E-state index in [0.717, 1.165) is 43.6 Å². The van der Waals surface area contributed by atoms with Crippen LogP contribution in [-0.2, 0) is 12.8 Å². The lowest BCUT2D eigenvalue weighted by Gasteiger charge is -2.08. The minimum atomic E-state index is -0.242. The molecule has 2 heterocycles. The van der Waals surface area contributed by atoms with Gasteiger partial charge in [0.25, 0.3) is 0 Å². The number of nitrogens with two attached hydrogens (primary N) is 1. The van der Waals surface area contributed by atoms with Crippen LogP contribution >= 0.6 is 11.3 Å². The summed E-state index contributed by atoms with van der Waals surface area (Å²) < 4.78 is 14.2. The molecule has 1 aliphatic carbocycles. The molecule has 1 aromatic carbocycles.